The summed E-state index contributed by atoms with van der Waals surface area (Å²) in [6.07, 6.45) is 0.623. The standard InChI is InChI=1S/C18H20FN3O2/c1-12-17(13(2)23)8-7-16(22-12)11-21-18(24)20-10-9-14-3-5-15(19)6-4-14/h3-8H,9-11H2,1-2H3,(H2,20,21,24). The summed E-state index contributed by atoms with van der Waals surface area (Å²) in [6, 6.07) is 9.32. The Labute approximate surface area is 140 Å². The molecular weight excluding hydrogens is 309 g/mol. The van der Waals surface area contributed by atoms with E-state index in [2.05, 4.69) is 15.6 Å². The number of urea groups is 1. The maximum atomic E-state index is 12.8. The van der Waals surface area contributed by atoms with Crippen LogP contribution in [0.3, 0.4) is 0 Å². The van der Waals surface area contributed by atoms with E-state index in [1.54, 1.807) is 31.2 Å². The number of benzene rings is 1. The number of nitrogens with zero attached hydrogens (tertiary/aromatic N) is 1. The zero-order chi connectivity index (χ0) is 17.5. The first-order valence-corrected chi connectivity index (χ1v) is 7.69. The van der Waals surface area contributed by atoms with E-state index >= 15 is 0 Å². The Morgan fingerprint density at radius 1 is 1.08 bits per heavy atom. The molecule has 1 aromatic heterocycles. The van der Waals surface area contributed by atoms with E-state index in [0.717, 1.165) is 5.56 Å². The predicted molar refractivity (Wildman–Crippen MR) is 89.3 cm³/mol. The molecule has 126 valence electrons. The van der Waals surface area contributed by atoms with Crippen molar-refractivity contribution >= 4 is 11.8 Å². The van der Waals surface area contributed by atoms with E-state index in [1.807, 2.05) is 0 Å². The molecule has 1 aromatic carbocycles. The van der Waals surface area contributed by atoms with Crippen LogP contribution in [0, 0.1) is 12.7 Å². The molecule has 5 nitrogen and oxygen atoms in total. The van der Waals surface area contributed by atoms with Crippen molar-refractivity contribution in [1.82, 2.24) is 15.6 Å². The average Bonchev–Trinajstić information content (AvgIpc) is 2.54. The first kappa shape index (κ1) is 17.6. The number of ketones is 1. The minimum atomic E-state index is -0.299. The molecule has 0 saturated heterocycles. The molecule has 1 heterocycles. The van der Waals surface area contributed by atoms with Crippen molar-refractivity contribution in [1.29, 1.82) is 0 Å². The van der Waals surface area contributed by atoms with Gasteiger partial charge in [0.15, 0.2) is 5.78 Å². The van der Waals surface area contributed by atoms with Crippen LogP contribution in [0.15, 0.2) is 36.4 Å². The number of nitrogens with one attached hydrogen (secondary N) is 2. The summed E-state index contributed by atoms with van der Waals surface area (Å²) in [7, 11) is 0. The van der Waals surface area contributed by atoms with Crippen LogP contribution in [0.2, 0.25) is 0 Å². The van der Waals surface area contributed by atoms with Gasteiger partial charge < -0.3 is 10.6 Å². The van der Waals surface area contributed by atoms with E-state index in [1.165, 1.54) is 19.1 Å². The quantitative estimate of drug-likeness (QED) is 0.801. The summed E-state index contributed by atoms with van der Waals surface area (Å²) in [5.41, 5.74) is 2.88. The third-order valence-corrected chi connectivity index (χ3v) is 3.57. The molecule has 0 atom stereocenters. The van der Waals surface area contributed by atoms with Gasteiger partial charge in [0.05, 0.1) is 12.2 Å². The molecule has 2 amide bonds. The van der Waals surface area contributed by atoms with Crippen LogP contribution in [0.4, 0.5) is 9.18 Å². The van der Waals surface area contributed by atoms with E-state index in [-0.39, 0.29) is 24.2 Å². The summed E-state index contributed by atoms with van der Waals surface area (Å²) in [5, 5.41) is 5.45. The van der Waals surface area contributed by atoms with Crippen molar-refractivity contribution in [2.24, 2.45) is 0 Å². The van der Waals surface area contributed by atoms with Gasteiger partial charge in [0.2, 0.25) is 0 Å². The van der Waals surface area contributed by atoms with Crippen LogP contribution >= 0.6 is 0 Å². The van der Waals surface area contributed by atoms with Gasteiger partial charge in [-0.3, -0.25) is 9.78 Å². The largest absolute Gasteiger partial charge is 0.338 e. The maximum absolute atomic E-state index is 12.8. The molecule has 0 aliphatic carbocycles. The van der Waals surface area contributed by atoms with Crippen molar-refractivity contribution in [3.8, 4) is 0 Å². The lowest BCUT2D eigenvalue weighted by Crippen LogP contribution is -2.36. The summed E-state index contributed by atoms with van der Waals surface area (Å²) >= 11 is 0. The highest BCUT2D eigenvalue weighted by Gasteiger charge is 2.07. The lowest BCUT2D eigenvalue weighted by molar-refractivity contribution is 0.101. The number of hydrogen-bond donors (Lipinski definition) is 2. The van der Waals surface area contributed by atoms with Crippen molar-refractivity contribution < 1.29 is 14.0 Å². The highest BCUT2D eigenvalue weighted by atomic mass is 19.1. The van der Waals surface area contributed by atoms with Crippen molar-refractivity contribution in [3.05, 3.63) is 64.7 Å². The lowest BCUT2D eigenvalue weighted by atomic mass is 10.1. The number of hydrogen-bond acceptors (Lipinski definition) is 3. The van der Waals surface area contributed by atoms with Crippen molar-refractivity contribution in [2.75, 3.05) is 6.54 Å². The normalized spacial score (nSPS) is 10.3. The number of rotatable bonds is 6. The molecule has 0 bridgehead atoms. The Balaban J connectivity index is 1.76. The average molecular weight is 329 g/mol. The lowest BCUT2D eigenvalue weighted by Gasteiger charge is -2.09. The molecule has 0 aliphatic heterocycles. The van der Waals surface area contributed by atoms with Crippen LogP contribution < -0.4 is 10.6 Å². The highest BCUT2D eigenvalue weighted by Crippen LogP contribution is 2.07. The van der Waals surface area contributed by atoms with Crippen molar-refractivity contribution in [3.63, 3.8) is 0 Å². The summed E-state index contributed by atoms with van der Waals surface area (Å²) in [5.74, 6) is -0.305. The van der Waals surface area contributed by atoms with E-state index < -0.39 is 0 Å². The Kier molecular flexibility index (Phi) is 6.01. The van der Waals surface area contributed by atoms with E-state index in [4.69, 9.17) is 0 Å². The summed E-state index contributed by atoms with van der Waals surface area (Å²) < 4.78 is 12.8. The number of Topliss-reactive ketones (excluding diaryl/α,β-unsaturated/α-hetero) is 1. The number of halogens is 1. The molecule has 0 fully saturated rings. The second-order valence-corrected chi connectivity index (χ2v) is 5.48. The van der Waals surface area contributed by atoms with E-state index in [9.17, 15) is 14.0 Å². The predicted octanol–water partition coefficient (Wildman–Crippen LogP) is 2.77. The van der Waals surface area contributed by atoms with Crippen LogP contribution in [0.5, 0.6) is 0 Å². The molecular formula is C18H20FN3O2. The Bertz CT molecular complexity index is 730. The molecule has 24 heavy (non-hydrogen) atoms. The first-order valence-electron chi connectivity index (χ1n) is 7.69. The molecule has 0 radical (unpaired) electrons. The van der Waals surface area contributed by atoms with Gasteiger partial charge in [-0.25, -0.2) is 9.18 Å². The van der Waals surface area contributed by atoms with Crippen LogP contribution in [-0.2, 0) is 13.0 Å². The molecule has 0 saturated carbocycles. The molecule has 2 rings (SSSR count). The number of carbonyl (C=O) groups is 2. The fraction of sp³-hybridized carbons (Fsp3) is 0.278. The number of amides is 2. The Morgan fingerprint density at radius 3 is 2.42 bits per heavy atom. The number of carbonyl (C=O) groups excluding carboxylic acids is 2. The van der Waals surface area contributed by atoms with Gasteiger partial charge in [0.25, 0.3) is 0 Å². The third kappa shape index (κ3) is 5.15. The van der Waals surface area contributed by atoms with Gasteiger partial charge in [-0.1, -0.05) is 12.1 Å². The van der Waals surface area contributed by atoms with E-state index in [0.29, 0.717) is 29.9 Å². The van der Waals surface area contributed by atoms with Crippen LogP contribution in [-0.4, -0.2) is 23.3 Å². The molecule has 0 aliphatic rings. The molecule has 2 aromatic rings. The van der Waals surface area contributed by atoms with Crippen LogP contribution in [0.1, 0.15) is 34.2 Å². The Hall–Kier alpha value is -2.76. The zero-order valence-electron chi connectivity index (χ0n) is 13.7. The molecule has 0 spiro atoms. The first-order chi connectivity index (χ1) is 11.5. The van der Waals surface area contributed by atoms with Gasteiger partial charge in [0, 0.05) is 17.8 Å². The second kappa shape index (κ2) is 8.19. The third-order valence-electron chi connectivity index (χ3n) is 3.57. The van der Waals surface area contributed by atoms with Gasteiger partial charge in [-0.15, -0.1) is 0 Å². The number of aromatic nitrogens is 1. The fourth-order valence-corrected chi connectivity index (χ4v) is 2.29. The van der Waals surface area contributed by atoms with Gasteiger partial charge in [0.1, 0.15) is 5.82 Å². The van der Waals surface area contributed by atoms with Gasteiger partial charge >= 0.3 is 6.03 Å². The molecule has 2 N–H and O–H groups in total. The van der Waals surface area contributed by atoms with Gasteiger partial charge in [-0.05, 0) is 50.1 Å². The monoisotopic (exact) mass is 329 g/mol. The molecule has 0 unspecified atom stereocenters. The topological polar surface area (TPSA) is 71.1 Å². The summed E-state index contributed by atoms with van der Waals surface area (Å²) in [6.45, 7) is 3.99. The maximum Gasteiger partial charge on any atom is 0.315 e. The van der Waals surface area contributed by atoms with Gasteiger partial charge in [-0.2, -0.15) is 0 Å². The minimum Gasteiger partial charge on any atom is -0.338 e. The number of aryl methyl sites for hydroxylation is 1. The fourth-order valence-electron chi connectivity index (χ4n) is 2.29. The SMILES string of the molecule is CC(=O)c1ccc(CNC(=O)NCCc2ccc(F)cc2)nc1C. The van der Waals surface area contributed by atoms with Crippen molar-refractivity contribution in [2.45, 2.75) is 26.8 Å². The summed E-state index contributed by atoms with van der Waals surface area (Å²) in [4.78, 5) is 27.4. The Morgan fingerprint density at radius 2 is 1.79 bits per heavy atom. The zero-order valence-corrected chi connectivity index (χ0v) is 13.7. The minimum absolute atomic E-state index is 0.0296. The highest BCUT2D eigenvalue weighted by molar-refractivity contribution is 5.95. The molecule has 6 heteroatoms. The second-order valence-electron chi connectivity index (χ2n) is 5.48. The number of pyridine rings is 1. The van der Waals surface area contributed by atoms with Crippen LogP contribution in [0.25, 0.3) is 0 Å². The smallest absolute Gasteiger partial charge is 0.315 e.